The van der Waals surface area contributed by atoms with Crippen LogP contribution in [0, 0.1) is 13.8 Å². The largest absolute Gasteiger partial charge is 0.737 e. The summed E-state index contributed by atoms with van der Waals surface area (Å²) in [5, 5.41) is 2.87. The summed E-state index contributed by atoms with van der Waals surface area (Å²) in [7, 11) is 0. The quantitative estimate of drug-likeness (QED) is 0.0985. The average Bonchev–Trinajstić information content (AvgIpc) is 3.78. The zero-order valence-corrected chi connectivity index (χ0v) is 32.7. The molecule has 0 bridgehead atoms. The third-order valence-electron chi connectivity index (χ3n) is 10.6. The number of carbonyl (C=O) groups excluding carboxylic acids is 2. The van der Waals surface area contributed by atoms with Crippen molar-refractivity contribution in [2.75, 3.05) is 43.8 Å². The van der Waals surface area contributed by atoms with Crippen molar-refractivity contribution in [2.45, 2.75) is 26.7 Å². The molecule has 1 fully saturated rings. The molecule has 0 atom stereocenters. The zero-order valence-electron chi connectivity index (χ0n) is 32.7. The van der Waals surface area contributed by atoms with Gasteiger partial charge in [0.1, 0.15) is 35.1 Å². The number of nitrogens with two attached hydrogens (primary N) is 1. The van der Waals surface area contributed by atoms with E-state index in [4.69, 9.17) is 15.2 Å². The van der Waals surface area contributed by atoms with Crippen molar-refractivity contribution in [1.29, 1.82) is 0 Å². The molecule has 0 spiro atoms. The Labute approximate surface area is 340 Å². The maximum absolute atomic E-state index is 15.8. The molecule has 8 rings (SSSR count). The molecule has 12 nitrogen and oxygen atoms in total. The fourth-order valence-electron chi connectivity index (χ4n) is 7.76. The summed E-state index contributed by atoms with van der Waals surface area (Å²) in [5.74, 6) is 1.95. The molecule has 3 aliphatic rings. The summed E-state index contributed by atoms with van der Waals surface area (Å²) in [6, 6.07) is 25.6. The Kier molecular flexibility index (Phi) is 10.9. The van der Waals surface area contributed by atoms with Crippen LogP contribution in [0.15, 0.2) is 121 Å². The fraction of sp³-hybridized carbons (Fsp3) is 0.205. The van der Waals surface area contributed by atoms with Gasteiger partial charge < -0.3 is 43.0 Å². The standard InChI is InChI=1S/C44H43BF2N8O4/c1-30-26-31(2)54-39(30)28-35-16-15-34(55(35)45(54,46)47)17-20-41(57)53-24-22-52(23-25-53)21-7-12-40(56)51-33-8-6-11-38(27-33)59-44-42(43(48)49-29-50-44)32-13-18-37(19-14-32)58-36-9-4-3-5-10-36/h3-16,18-19,26-29H,17,20-25H2,1-2H3,(H,51,56)(H2,48,49,50)/b12-7+. The number of rotatable bonds is 12. The van der Waals surface area contributed by atoms with Crippen LogP contribution in [0.1, 0.15) is 29.8 Å². The Bertz CT molecular complexity index is 2530. The zero-order chi connectivity index (χ0) is 41.1. The number of carbonyl (C=O) groups is 2. The predicted molar refractivity (Wildman–Crippen MR) is 225 cm³/mol. The fourth-order valence-corrected chi connectivity index (χ4v) is 7.76. The highest BCUT2D eigenvalue weighted by molar-refractivity contribution is 6.58. The van der Waals surface area contributed by atoms with Gasteiger partial charge in [0.2, 0.25) is 17.7 Å². The van der Waals surface area contributed by atoms with E-state index in [0.717, 1.165) is 25.8 Å². The number of anilines is 2. The molecule has 0 saturated carbocycles. The molecule has 5 aromatic rings. The number of amides is 2. The molecule has 15 heteroatoms. The van der Waals surface area contributed by atoms with Gasteiger partial charge in [-0.3, -0.25) is 14.5 Å². The van der Waals surface area contributed by atoms with Gasteiger partial charge in [-0.15, -0.1) is 0 Å². The number of aromatic nitrogens is 3. The van der Waals surface area contributed by atoms with Gasteiger partial charge >= 0.3 is 6.97 Å². The van der Waals surface area contributed by atoms with Crippen molar-refractivity contribution in [3.8, 4) is 34.3 Å². The summed E-state index contributed by atoms with van der Waals surface area (Å²) in [5.41, 5.74) is 10.8. The van der Waals surface area contributed by atoms with Gasteiger partial charge in [-0.25, -0.2) is 9.97 Å². The molecule has 2 aromatic heterocycles. The minimum atomic E-state index is -4.06. The number of nitrogens with one attached hydrogen (secondary N) is 1. The molecule has 0 radical (unpaired) electrons. The van der Waals surface area contributed by atoms with E-state index in [1.54, 1.807) is 66.5 Å². The number of fused-ring (bicyclic) bond motifs is 2. The maximum atomic E-state index is 15.8. The van der Waals surface area contributed by atoms with E-state index >= 15 is 8.63 Å². The molecule has 0 aliphatic carbocycles. The number of nitrogen functional groups attached to an aromatic ring is 1. The van der Waals surface area contributed by atoms with Crippen molar-refractivity contribution in [3.05, 3.63) is 138 Å². The minimum absolute atomic E-state index is 0.0618. The van der Waals surface area contributed by atoms with Gasteiger partial charge in [0.15, 0.2) is 5.70 Å². The van der Waals surface area contributed by atoms with E-state index in [-0.39, 0.29) is 36.4 Å². The van der Waals surface area contributed by atoms with Crippen molar-refractivity contribution in [1.82, 2.24) is 24.2 Å². The number of benzene rings is 3. The van der Waals surface area contributed by atoms with E-state index in [2.05, 4.69) is 20.2 Å². The lowest BCUT2D eigenvalue weighted by atomic mass is 9.90. The first-order valence-corrected chi connectivity index (χ1v) is 19.5. The number of halogens is 2. The predicted octanol–water partition coefficient (Wildman–Crippen LogP) is 7.45. The summed E-state index contributed by atoms with van der Waals surface area (Å²) in [4.78, 5) is 38.5. The molecule has 1 saturated heterocycles. The third-order valence-corrected chi connectivity index (χ3v) is 10.6. The molecular weight excluding hydrogens is 753 g/mol. The molecule has 3 aromatic carbocycles. The molecular formula is C44H43BF2N8O4. The molecule has 0 unspecified atom stereocenters. The summed E-state index contributed by atoms with van der Waals surface area (Å²) >= 11 is 0. The number of piperazine rings is 1. The van der Waals surface area contributed by atoms with Crippen LogP contribution in [0.2, 0.25) is 0 Å². The highest BCUT2D eigenvalue weighted by atomic mass is 19.2. The summed E-state index contributed by atoms with van der Waals surface area (Å²) < 4.78 is 45.9. The second-order valence-electron chi connectivity index (χ2n) is 14.7. The van der Waals surface area contributed by atoms with Crippen LogP contribution >= 0.6 is 0 Å². The van der Waals surface area contributed by atoms with Crippen molar-refractivity contribution < 1.29 is 32.2 Å². The molecule has 3 aliphatic heterocycles. The Balaban J connectivity index is 0.808. The topological polar surface area (TPSA) is 131 Å². The number of para-hydroxylation sites is 1. The highest BCUT2D eigenvalue weighted by Gasteiger charge is 2.52. The van der Waals surface area contributed by atoms with Crippen LogP contribution in [0.4, 0.5) is 20.1 Å². The van der Waals surface area contributed by atoms with E-state index < -0.39 is 6.97 Å². The SMILES string of the molecule is Cc1cc(C)n2c1C=C1C=CC(CCC(=O)N3CCN(C/C=C/C(=O)Nc4cccc(Oc5ncnc(N)c5-c5ccc(Oc6ccccc6)cc5)c4)CC3)=[N+]1[B-]2(F)F. The second-order valence-corrected chi connectivity index (χ2v) is 14.7. The smallest absolute Gasteiger partial charge is 0.457 e. The van der Waals surface area contributed by atoms with Crippen molar-refractivity contribution in [2.24, 2.45) is 0 Å². The van der Waals surface area contributed by atoms with Crippen molar-refractivity contribution in [3.63, 3.8) is 0 Å². The van der Waals surface area contributed by atoms with Gasteiger partial charge in [0.05, 0.1) is 5.56 Å². The molecule has 59 heavy (non-hydrogen) atoms. The third kappa shape index (κ3) is 8.41. The number of hydrogen-bond acceptors (Lipinski definition) is 8. The van der Waals surface area contributed by atoms with E-state index in [1.807, 2.05) is 61.5 Å². The number of aryl methyl sites for hydroxylation is 2. The Morgan fingerprint density at radius 1 is 0.898 bits per heavy atom. The second kappa shape index (κ2) is 16.5. The van der Waals surface area contributed by atoms with Crippen molar-refractivity contribution >= 4 is 42.1 Å². The first kappa shape index (κ1) is 39.0. The average molecular weight is 797 g/mol. The van der Waals surface area contributed by atoms with Gasteiger partial charge in [-0.05, 0) is 73.1 Å². The molecule has 2 amide bonds. The van der Waals surface area contributed by atoms with Crippen LogP contribution in [0.3, 0.4) is 0 Å². The molecule has 5 heterocycles. The van der Waals surface area contributed by atoms with Gasteiger partial charge in [0.25, 0.3) is 0 Å². The first-order valence-electron chi connectivity index (χ1n) is 19.5. The van der Waals surface area contributed by atoms with Crippen LogP contribution in [-0.4, -0.2) is 86.0 Å². The lowest BCUT2D eigenvalue weighted by Gasteiger charge is -2.34. The lowest BCUT2D eigenvalue weighted by molar-refractivity contribution is -0.362. The maximum Gasteiger partial charge on any atom is 0.737 e. The van der Waals surface area contributed by atoms with Gasteiger partial charge in [0, 0.05) is 87.3 Å². The molecule has 300 valence electrons. The van der Waals surface area contributed by atoms with E-state index in [0.29, 0.717) is 78.3 Å². The van der Waals surface area contributed by atoms with Gasteiger partial charge in [-0.2, -0.15) is 0 Å². The lowest BCUT2D eigenvalue weighted by Crippen LogP contribution is -2.51. The monoisotopic (exact) mass is 796 g/mol. The van der Waals surface area contributed by atoms with Crippen LogP contribution in [-0.2, 0) is 9.59 Å². The Hall–Kier alpha value is -6.87. The number of hydrogen-bond donors (Lipinski definition) is 2. The molecule has 3 N–H and O–H groups in total. The number of allylic oxidation sites excluding steroid dienone is 2. The minimum Gasteiger partial charge on any atom is -0.457 e. The van der Waals surface area contributed by atoms with Crippen LogP contribution < -0.4 is 20.5 Å². The van der Waals surface area contributed by atoms with Crippen LogP contribution in [0.5, 0.6) is 23.1 Å². The van der Waals surface area contributed by atoms with E-state index in [1.165, 1.54) is 12.4 Å². The number of ether oxygens (including phenoxy) is 2. The highest BCUT2D eigenvalue weighted by Crippen LogP contribution is 2.37. The van der Waals surface area contributed by atoms with E-state index in [9.17, 15) is 9.59 Å². The summed E-state index contributed by atoms with van der Waals surface area (Å²) in [6.07, 6.45) is 10.2. The number of nitrogens with zero attached hydrogens (tertiary/aromatic N) is 6. The van der Waals surface area contributed by atoms with Crippen LogP contribution in [0.25, 0.3) is 17.2 Å². The summed E-state index contributed by atoms with van der Waals surface area (Å²) in [6.45, 7) is 2.30. The Morgan fingerprint density at radius 2 is 1.64 bits per heavy atom. The first-order chi connectivity index (χ1) is 28.5. The Morgan fingerprint density at radius 3 is 2.42 bits per heavy atom. The normalized spacial score (nSPS) is 15.9. The van der Waals surface area contributed by atoms with Gasteiger partial charge in [-0.1, -0.05) is 42.5 Å².